The number of hydrogen-bond donors (Lipinski definition) is 1. The van der Waals surface area contributed by atoms with E-state index in [9.17, 15) is 8.42 Å². The molecule has 192 valence electrons. The number of nitrogens with one attached hydrogen (secondary N) is 1. The summed E-state index contributed by atoms with van der Waals surface area (Å²) in [5.41, 5.74) is 1.26. The van der Waals surface area contributed by atoms with Crippen molar-refractivity contribution in [2.24, 2.45) is 0 Å². The zero-order chi connectivity index (χ0) is 26.0. The van der Waals surface area contributed by atoms with Crippen molar-refractivity contribution >= 4 is 27.3 Å². The summed E-state index contributed by atoms with van der Waals surface area (Å²) in [6.45, 7) is 0.936. The number of rotatable bonds is 8. The molecule has 3 aromatic carbocycles. The second-order valence-electron chi connectivity index (χ2n) is 7.98. The van der Waals surface area contributed by atoms with Crippen molar-refractivity contribution in [3.8, 4) is 34.5 Å². The summed E-state index contributed by atoms with van der Waals surface area (Å²) in [5, 5.41) is 3.30. The van der Waals surface area contributed by atoms with Crippen molar-refractivity contribution in [1.29, 1.82) is 0 Å². The molecule has 2 heterocycles. The second-order valence-corrected chi connectivity index (χ2v) is 10.2. The van der Waals surface area contributed by atoms with E-state index in [0.29, 0.717) is 46.8 Å². The molecule has 37 heavy (non-hydrogen) atoms. The normalized spacial score (nSPS) is 12.7. The maximum absolute atomic E-state index is 13.8. The van der Waals surface area contributed by atoms with Gasteiger partial charge in [-0.2, -0.15) is 4.98 Å². The number of nitrogens with zero attached hydrogens (tertiary/aromatic N) is 1. The molecule has 1 aromatic heterocycles. The number of halogens is 1. The van der Waals surface area contributed by atoms with Gasteiger partial charge in [0.25, 0.3) is 0 Å². The maximum Gasteiger partial charge on any atom is 0.234 e. The van der Waals surface area contributed by atoms with Crippen molar-refractivity contribution in [1.82, 2.24) is 4.98 Å². The molecule has 1 aliphatic rings. The monoisotopic (exact) mass is 542 g/mol. The van der Waals surface area contributed by atoms with Crippen LogP contribution in [0.25, 0.3) is 11.5 Å². The lowest BCUT2D eigenvalue weighted by molar-refractivity contribution is 0.171. The Morgan fingerprint density at radius 2 is 1.70 bits per heavy atom. The van der Waals surface area contributed by atoms with Gasteiger partial charge < -0.3 is 28.7 Å². The van der Waals surface area contributed by atoms with E-state index in [1.54, 1.807) is 30.3 Å². The Balaban J connectivity index is 1.58. The van der Waals surface area contributed by atoms with E-state index in [1.165, 1.54) is 26.4 Å². The molecule has 4 aromatic rings. The summed E-state index contributed by atoms with van der Waals surface area (Å²) in [7, 11) is -1.09. The summed E-state index contributed by atoms with van der Waals surface area (Å²) in [6, 6.07) is 16.7. The SMILES string of the molecule is COc1ccc(-c2nc(S(=O)(=O)c3ccc4c(c3)OCCO4)c(NCc3ccccc3Cl)o2)cc1OC. The largest absolute Gasteiger partial charge is 0.493 e. The van der Waals surface area contributed by atoms with Gasteiger partial charge in [-0.25, -0.2) is 8.42 Å². The number of sulfone groups is 1. The van der Waals surface area contributed by atoms with Crippen LogP contribution in [0.3, 0.4) is 0 Å². The van der Waals surface area contributed by atoms with Crippen molar-refractivity contribution in [2.45, 2.75) is 16.5 Å². The summed E-state index contributed by atoms with van der Waals surface area (Å²) in [5.74, 6) is 1.84. The minimum absolute atomic E-state index is 0.00953. The van der Waals surface area contributed by atoms with Crippen molar-refractivity contribution in [3.05, 3.63) is 71.2 Å². The predicted molar refractivity (Wildman–Crippen MR) is 137 cm³/mol. The van der Waals surface area contributed by atoms with Gasteiger partial charge in [-0.15, -0.1) is 0 Å². The van der Waals surface area contributed by atoms with Gasteiger partial charge in [0, 0.05) is 23.2 Å². The molecular formula is C26H23ClN2O7S. The Morgan fingerprint density at radius 1 is 0.946 bits per heavy atom. The first-order valence-electron chi connectivity index (χ1n) is 11.3. The van der Waals surface area contributed by atoms with E-state index in [0.717, 1.165) is 5.56 Å². The zero-order valence-electron chi connectivity index (χ0n) is 20.0. The topological polar surface area (TPSA) is 109 Å². The highest BCUT2D eigenvalue weighted by Gasteiger charge is 2.30. The zero-order valence-corrected chi connectivity index (χ0v) is 21.6. The van der Waals surface area contributed by atoms with Crippen molar-refractivity contribution < 1.29 is 31.8 Å². The third kappa shape index (κ3) is 4.90. The Hall–Kier alpha value is -3.89. The van der Waals surface area contributed by atoms with E-state index in [-0.39, 0.29) is 28.2 Å². The predicted octanol–water partition coefficient (Wildman–Crippen LogP) is 5.23. The van der Waals surface area contributed by atoms with Crippen LogP contribution in [0.4, 0.5) is 5.88 Å². The molecule has 0 fully saturated rings. The first-order valence-corrected chi connectivity index (χ1v) is 13.1. The smallest absolute Gasteiger partial charge is 0.234 e. The fraction of sp³-hybridized carbons (Fsp3) is 0.192. The van der Waals surface area contributed by atoms with Crippen LogP contribution in [-0.4, -0.2) is 40.8 Å². The van der Waals surface area contributed by atoms with Crippen LogP contribution in [0.2, 0.25) is 5.02 Å². The standard InChI is InChI=1S/C26H23ClN2O7S/c1-32-20-9-7-16(13-22(20)33-2)24-29-26(25(36-24)28-15-17-5-3-4-6-19(17)27)37(30,31)18-8-10-21-23(14-18)35-12-11-34-21/h3-10,13-14,28H,11-12,15H2,1-2H3. The number of ether oxygens (including phenoxy) is 4. The molecule has 0 amide bonds. The van der Waals surface area contributed by atoms with E-state index in [1.807, 2.05) is 18.2 Å². The van der Waals surface area contributed by atoms with Crippen molar-refractivity contribution in [2.75, 3.05) is 32.8 Å². The van der Waals surface area contributed by atoms with Gasteiger partial charge in [0.05, 0.1) is 19.1 Å². The summed E-state index contributed by atoms with van der Waals surface area (Å²) >= 11 is 6.29. The lowest BCUT2D eigenvalue weighted by atomic mass is 10.2. The first-order chi connectivity index (χ1) is 17.9. The Labute approximate surface area is 218 Å². The van der Waals surface area contributed by atoms with Gasteiger partial charge in [-0.3, -0.25) is 0 Å². The number of hydrogen-bond acceptors (Lipinski definition) is 9. The molecule has 1 aliphatic heterocycles. The highest BCUT2D eigenvalue weighted by atomic mass is 35.5. The van der Waals surface area contributed by atoms with E-state index in [4.69, 9.17) is 35.0 Å². The number of oxazole rings is 1. The van der Waals surface area contributed by atoms with Gasteiger partial charge in [0.2, 0.25) is 26.6 Å². The fourth-order valence-corrected chi connectivity index (χ4v) is 5.31. The molecule has 0 atom stereocenters. The molecule has 0 saturated heterocycles. The number of benzene rings is 3. The molecular weight excluding hydrogens is 520 g/mol. The van der Waals surface area contributed by atoms with Gasteiger partial charge in [0.1, 0.15) is 13.2 Å². The van der Waals surface area contributed by atoms with Gasteiger partial charge in [0.15, 0.2) is 23.0 Å². The lowest BCUT2D eigenvalue weighted by Gasteiger charge is -2.18. The van der Waals surface area contributed by atoms with E-state index >= 15 is 0 Å². The molecule has 5 rings (SSSR count). The Kier molecular flexibility index (Phi) is 6.86. The second kappa shape index (κ2) is 10.2. The van der Waals surface area contributed by atoms with E-state index in [2.05, 4.69) is 10.3 Å². The first kappa shape index (κ1) is 24.8. The molecule has 0 saturated carbocycles. The molecule has 0 spiro atoms. The molecule has 0 unspecified atom stereocenters. The Morgan fingerprint density at radius 3 is 2.46 bits per heavy atom. The number of methoxy groups -OCH3 is 2. The minimum atomic E-state index is -4.13. The Bertz CT molecular complexity index is 1550. The van der Waals surface area contributed by atoms with Crippen LogP contribution in [0.15, 0.2) is 75.0 Å². The minimum Gasteiger partial charge on any atom is -0.493 e. The number of anilines is 1. The van der Waals surface area contributed by atoms with Crippen LogP contribution in [0.5, 0.6) is 23.0 Å². The molecule has 11 heteroatoms. The summed E-state index contributed by atoms with van der Waals surface area (Å²) in [6.07, 6.45) is 0. The molecule has 0 radical (unpaired) electrons. The number of aromatic nitrogens is 1. The average Bonchev–Trinajstić information content (AvgIpc) is 3.37. The quantitative estimate of drug-likeness (QED) is 0.320. The summed E-state index contributed by atoms with van der Waals surface area (Å²) in [4.78, 5) is 4.38. The highest BCUT2D eigenvalue weighted by molar-refractivity contribution is 7.91. The van der Waals surface area contributed by atoms with Crippen LogP contribution >= 0.6 is 11.6 Å². The lowest BCUT2D eigenvalue weighted by Crippen LogP contribution is -2.16. The van der Waals surface area contributed by atoms with Crippen molar-refractivity contribution in [3.63, 3.8) is 0 Å². The average molecular weight is 543 g/mol. The molecule has 0 bridgehead atoms. The number of fused-ring (bicyclic) bond motifs is 1. The van der Waals surface area contributed by atoms with Crippen LogP contribution < -0.4 is 24.3 Å². The molecule has 9 nitrogen and oxygen atoms in total. The van der Waals surface area contributed by atoms with E-state index < -0.39 is 9.84 Å². The fourth-order valence-electron chi connectivity index (χ4n) is 3.81. The van der Waals surface area contributed by atoms with Crippen LogP contribution in [0.1, 0.15) is 5.56 Å². The molecule has 0 aliphatic carbocycles. The highest BCUT2D eigenvalue weighted by Crippen LogP contribution is 2.39. The van der Waals surface area contributed by atoms with Crippen LogP contribution in [-0.2, 0) is 16.4 Å². The van der Waals surface area contributed by atoms with Gasteiger partial charge in [-0.1, -0.05) is 29.8 Å². The third-order valence-corrected chi connectivity index (χ3v) is 7.73. The molecule has 1 N–H and O–H groups in total. The summed E-state index contributed by atoms with van der Waals surface area (Å²) < 4.78 is 55.2. The van der Waals surface area contributed by atoms with Gasteiger partial charge >= 0.3 is 0 Å². The third-order valence-electron chi connectivity index (χ3n) is 5.70. The van der Waals surface area contributed by atoms with Gasteiger partial charge in [-0.05, 0) is 42.0 Å². The maximum atomic E-state index is 13.8. The van der Waals surface area contributed by atoms with Crippen LogP contribution in [0, 0.1) is 0 Å².